The second-order valence-electron chi connectivity index (χ2n) is 5.21. The van der Waals surface area contributed by atoms with E-state index in [1.807, 2.05) is 12.1 Å². The van der Waals surface area contributed by atoms with Gasteiger partial charge in [-0.1, -0.05) is 12.1 Å². The molecule has 2 aromatic rings. The summed E-state index contributed by atoms with van der Waals surface area (Å²) >= 11 is 0. The first kappa shape index (κ1) is 11.6. The van der Waals surface area contributed by atoms with Crippen molar-refractivity contribution >= 4 is 10.9 Å². The van der Waals surface area contributed by atoms with Gasteiger partial charge in [0.05, 0.1) is 11.1 Å². The van der Waals surface area contributed by atoms with E-state index in [9.17, 15) is 5.11 Å². The molecular formula is C15H18N2O. The SMILES string of the molecule is OC1(Cc2ccc3ncccc3c2)CCCNC1. The molecule has 1 aliphatic heterocycles. The summed E-state index contributed by atoms with van der Waals surface area (Å²) in [5.74, 6) is 0. The van der Waals surface area contributed by atoms with Crippen LogP contribution in [-0.2, 0) is 6.42 Å². The molecule has 2 heterocycles. The van der Waals surface area contributed by atoms with Crippen molar-refractivity contribution in [1.82, 2.24) is 10.3 Å². The van der Waals surface area contributed by atoms with Gasteiger partial charge in [-0.2, -0.15) is 0 Å². The molecule has 0 amide bonds. The molecule has 1 aromatic carbocycles. The molecule has 18 heavy (non-hydrogen) atoms. The number of aromatic nitrogens is 1. The smallest absolute Gasteiger partial charge is 0.0812 e. The standard InChI is InChI=1S/C15H18N2O/c18-15(6-2-7-16-11-15)10-12-4-5-14-13(9-12)3-1-8-17-14/h1,3-5,8-9,16,18H,2,6-7,10-11H2. The van der Waals surface area contributed by atoms with E-state index < -0.39 is 5.60 Å². The number of fused-ring (bicyclic) bond motifs is 1. The van der Waals surface area contributed by atoms with Crippen LogP contribution in [0.15, 0.2) is 36.5 Å². The van der Waals surface area contributed by atoms with E-state index in [4.69, 9.17) is 0 Å². The molecule has 3 heteroatoms. The van der Waals surface area contributed by atoms with Crippen molar-refractivity contribution in [3.63, 3.8) is 0 Å². The van der Waals surface area contributed by atoms with Gasteiger partial charge in [-0.05, 0) is 43.1 Å². The first-order valence-electron chi connectivity index (χ1n) is 6.52. The molecule has 1 unspecified atom stereocenters. The minimum atomic E-state index is -0.589. The maximum Gasteiger partial charge on any atom is 0.0812 e. The maximum atomic E-state index is 10.5. The summed E-state index contributed by atoms with van der Waals surface area (Å²) in [6.07, 6.45) is 4.45. The van der Waals surface area contributed by atoms with Crippen molar-refractivity contribution in [3.8, 4) is 0 Å². The highest BCUT2D eigenvalue weighted by atomic mass is 16.3. The molecule has 0 bridgehead atoms. The summed E-state index contributed by atoms with van der Waals surface area (Å²) in [6.45, 7) is 1.71. The molecule has 3 rings (SSSR count). The van der Waals surface area contributed by atoms with Crippen LogP contribution in [0.1, 0.15) is 18.4 Å². The molecular weight excluding hydrogens is 224 g/mol. The molecule has 1 fully saturated rings. The predicted molar refractivity (Wildman–Crippen MR) is 72.5 cm³/mol. The highest BCUT2D eigenvalue weighted by Gasteiger charge is 2.29. The lowest BCUT2D eigenvalue weighted by Gasteiger charge is -2.32. The number of piperidine rings is 1. The van der Waals surface area contributed by atoms with E-state index >= 15 is 0 Å². The molecule has 0 saturated carbocycles. The second-order valence-corrected chi connectivity index (χ2v) is 5.21. The first-order chi connectivity index (χ1) is 8.75. The van der Waals surface area contributed by atoms with Crippen LogP contribution in [0.4, 0.5) is 0 Å². The summed E-state index contributed by atoms with van der Waals surface area (Å²) in [7, 11) is 0. The monoisotopic (exact) mass is 242 g/mol. The normalized spacial score (nSPS) is 24.3. The summed E-state index contributed by atoms with van der Waals surface area (Å²) < 4.78 is 0. The van der Waals surface area contributed by atoms with Crippen molar-refractivity contribution in [2.24, 2.45) is 0 Å². The lowest BCUT2D eigenvalue weighted by molar-refractivity contribution is 0.0170. The van der Waals surface area contributed by atoms with Gasteiger partial charge < -0.3 is 10.4 Å². The molecule has 1 atom stereocenters. The average Bonchev–Trinajstić information content (AvgIpc) is 2.39. The number of nitrogens with one attached hydrogen (secondary N) is 1. The van der Waals surface area contributed by atoms with E-state index in [1.54, 1.807) is 6.20 Å². The number of hydrogen-bond donors (Lipinski definition) is 2. The maximum absolute atomic E-state index is 10.5. The Morgan fingerprint density at radius 3 is 3.11 bits per heavy atom. The molecule has 0 spiro atoms. The van der Waals surface area contributed by atoms with Gasteiger partial charge in [0.1, 0.15) is 0 Å². The predicted octanol–water partition coefficient (Wildman–Crippen LogP) is 1.89. The Morgan fingerprint density at radius 2 is 2.28 bits per heavy atom. The summed E-state index contributed by atoms with van der Waals surface area (Å²) in [5, 5.41) is 14.9. The number of nitrogens with zero attached hydrogens (tertiary/aromatic N) is 1. The molecule has 94 valence electrons. The first-order valence-corrected chi connectivity index (χ1v) is 6.52. The highest BCUT2D eigenvalue weighted by Crippen LogP contribution is 2.23. The van der Waals surface area contributed by atoms with Crippen molar-refractivity contribution in [3.05, 3.63) is 42.1 Å². The molecule has 0 radical (unpaired) electrons. The lowest BCUT2D eigenvalue weighted by Crippen LogP contribution is -2.47. The molecule has 1 saturated heterocycles. The Labute approximate surface area is 107 Å². The Kier molecular flexibility index (Phi) is 3.02. The van der Waals surface area contributed by atoms with Crippen molar-refractivity contribution in [2.45, 2.75) is 24.9 Å². The molecule has 1 aliphatic rings. The van der Waals surface area contributed by atoms with E-state index in [2.05, 4.69) is 28.5 Å². The molecule has 0 aliphatic carbocycles. The van der Waals surface area contributed by atoms with Gasteiger partial charge in [-0.3, -0.25) is 4.98 Å². The number of β-amino-alcohol motifs (C(OH)–C–C–N with tert-alkyl or cyclic N) is 1. The van der Waals surface area contributed by atoms with Crippen LogP contribution >= 0.6 is 0 Å². The third-order valence-corrected chi connectivity index (χ3v) is 3.65. The fourth-order valence-electron chi connectivity index (χ4n) is 2.72. The van der Waals surface area contributed by atoms with Gasteiger partial charge in [0.25, 0.3) is 0 Å². The van der Waals surface area contributed by atoms with Gasteiger partial charge in [0, 0.05) is 24.5 Å². The van der Waals surface area contributed by atoms with E-state index in [-0.39, 0.29) is 0 Å². The molecule has 3 nitrogen and oxygen atoms in total. The molecule has 1 aromatic heterocycles. The van der Waals surface area contributed by atoms with Crippen LogP contribution in [0.25, 0.3) is 10.9 Å². The summed E-state index contributed by atoms with van der Waals surface area (Å²) in [4.78, 5) is 4.31. The Hall–Kier alpha value is -1.45. The van der Waals surface area contributed by atoms with Crippen molar-refractivity contribution < 1.29 is 5.11 Å². The van der Waals surface area contributed by atoms with Crippen LogP contribution in [0, 0.1) is 0 Å². The van der Waals surface area contributed by atoms with Crippen molar-refractivity contribution in [1.29, 1.82) is 0 Å². The largest absolute Gasteiger partial charge is 0.388 e. The van der Waals surface area contributed by atoms with E-state index in [1.165, 1.54) is 5.56 Å². The van der Waals surface area contributed by atoms with Crippen LogP contribution in [0.5, 0.6) is 0 Å². The second kappa shape index (κ2) is 4.67. The van der Waals surface area contributed by atoms with Gasteiger partial charge in [0.2, 0.25) is 0 Å². The van der Waals surface area contributed by atoms with E-state index in [0.717, 1.165) is 30.3 Å². The van der Waals surface area contributed by atoms with Crippen LogP contribution in [-0.4, -0.2) is 28.8 Å². The van der Waals surface area contributed by atoms with Gasteiger partial charge in [0.15, 0.2) is 0 Å². The third kappa shape index (κ3) is 2.37. The summed E-state index contributed by atoms with van der Waals surface area (Å²) in [6, 6.07) is 10.2. The van der Waals surface area contributed by atoms with Gasteiger partial charge >= 0.3 is 0 Å². The van der Waals surface area contributed by atoms with Crippen molar-refractivity contribution in [2.75, 3.05) is 13.1 Å². The average molecular weight is 242 g/mol. The Bertz CT molecular complexity index is 547. The Morgan fingerprint density at radius 1 is 1.33 bits per heavy atom. The topological polar surface area (TPSA) is 45.2 Å². The fourth-order valence-corrected chi connectivity index (χ4v) is 2.72. The Balaban J connectivity index is 1.85. The number of benzene rings is 1. The van der Waals surface area contributed by atoms with Crippen LogP contribution in [0.2, 0.25) is 0 Å². The zero-order valence-corrected chi connectivity index (χ0v) is 10.4. The quantitative estimate of drug-likeness (QED) is 0.845. The number of pyridine rings is 1. The minimum absolute atomic E-state index is 0.589. The summed E-state index contributed by atoms with van der Waals surface area (Å²) in [5.41, 5.74) is 1.60. The zero-order valence-electron chi connectivity index (χ0n) is 10.4. The molecule has 2 N–H and O–H groups in total. The zero-order chi connectivity index (χ0) is 12.4. The number of hydrogen-bond acceptors (Lipinski definition) is 3. The van der Waals surface area contributed by atoms with Gasteiger partial charge in [-0.25, -0.2) is 0 Å². The number of aliphatic hydroxyl groups is 1. The fraction of sp³-hybridized carbons (Fsp3) is 0.400. The minimum Gasteiger partial charge on any atom is -0.388 e. The third-order valence-electron chi connectivity index (χ3n) is 3.65. The van der Waals surface area contributed by atoms with Crippen LogP contribution < -0.4 is 5.32 Å². The van der Waals surface area contributed by atoms with Gasteiger partial charge in [-0.15, -0.1) is 0 Å². The number of rotatable bonds is 2. The lowest BCUT2D eigenvalue weighted by atomic mass is 9.87. The van der Waals surface area contributed by atoms with E-state index in [0.29, 0.717) is 13.0 Å². The highest BCUT2D eigenvalue weighted by molar-refractivity contribution is 5.78. The van der Waals surface area contributed by atoms with Crippen LogP contribution in [0.3, 0.4) is 0 Å².